The van der Waals surface area contributed by atoms with Crippen molar-refractivity contribution in [1.82, 2.24) is 0 Å². The Morgan fingerprint density at radius 1 is 0.733 bits per heavy atom. The van der Waals surface area contributed by atoms with Gasteiger partial charge < -0.3 is 0 Å². The third-order valence-corrected chi connectivity index (χ3v) is 9.25. The molecule has 1 aromatic carbocycles. The van der Waals surface area contributed by atoms with Crippen molar-refractivity contribution >= 4 is 0 Å². The predicted octanol–water partition coefficient (Wildman–Crippen LogP) is 9.29. The maximum absolute atomic E-state index is 13.7. The van der Waals surface area contributed by atoms with Crippen LogP contribution in [-0.2, 0) is 0 Å². The van der Waals surface area contributed by atoms with Gasteiger partial charge in [0.1, 0.15) is 5.82 Å². The molecule has 30 heavy (non-hydrogen) atoms. The third kappa shape index (κ3) is 5.89. The lowest BCUT2D eigenvalue weighted by Gasteiger charge is -2.45. The minimum absolute atomic E-state index is 0.0603. The van der Waals surface area contributed by atoms with Crippen LogP contribution in [0, 0.1) is 35.4 Å². The zero-order valence-corrected chi connectivity index (χ0v) is 19.5. The van der Waals surface area contributed by atoms with Gasteiger partial charge in [0.25, 0.3) is 0 Å². The fourth-order valence-electron chi connectivity index (χ4n) is 7.40. The molecule has 0 radical (unpaired) electrons. The largest absolute Gasteiger partial charge is 0.207 e. The summed E-state index contributed by atoms with van der Waals surface area (Å²) in [5.74, 6) is 5.50. The lowest BCUT2D eigenvalue weighted by atomic mass is 9.60. The molecular weight excluding hydrogens is 367 g/mol. The van der Waals surface area contributed by atoms with Crippen LogP contribution in [0.3, 0.4) is 0 Å². The van der Waals surface area contributed by atoms with Crippen molar-refractivity contribution in [3.05, 3.63) is 35.6 Å². The van der Waals surface area contributed by atoms with Crippen LogP contribution in [-0.4, -0.2) is 0 Å². The fraction of sp³-hybridized carbons (Fsp3) is 0.793. The standard InChI is InChI=1S/C29H45F/c1-2-3-4-5-6-8-22-11-13-23(14-12-22)25-15-16-28-20-26(17-18-27(28)19-25)24-9-7-10-29(30)21-24/h7,9-10,21-23,25-28H,2-6,8,11-20H2,1H3. The number of fused-ring (bicyclic) bond motifs is 1. The normalized spacial score (nSPS) is 34.5. The number of hydrogen-bond acceptors (Lipinski definition) is 0. The molecule has 4 rings (SSSR count). The molecule has 3 saturated carbocycles. The van der Waals surface area contributed by atoms with Crippen LogP contribution in [0.5, 0.6) is 0 Å². The summed E-state index contributed by atoms with van der Waals surface area (Å²) in [6.07, 6.45) is 23.2. The van der Waals surface area contributed by atoms with Gasteiger partial charge in [-0.2, -0.15) is 0 Å². The van der Waals surface area contributed by atoms with Crippen LogP contribution in [0.4, 0.5) is 4.39 Å². The number of hydrogen-bond donors (Lipinski definition) is 0. The first-order valence-corrected chi connectivity index (χ1v) is 13.5. The molecule has 168 valence electrons. The molecule has 0 nitrogen and oxygen atoms in total. The van der Waals surface area contributed by atoms with Gasteiger partial charge in [-0.1, -0.05) is 70.4 Å². The zero-order chi connectivity index (χ0) is 20.8. The van der Waals surface area contributed by atoms with Gasteiger partial charge in [0, 0.05) is 0 Å². The fourth-order valence-corrected chi connectivity index (χ4v) is 7.40. The average Bonchev–Trinajstić information content (AvgIpc) is 2.79. The Kier molecular flexibility index (Phi) is 8.30. The first-order valence-electron chi connectivity index (χ1n) is 13.5. The van der Waals surface area contributed by atoms with Crippen LogP contribution in [0.15, 0.2) is 24.3 Å². The topological polar surface area (TPSA) is 0 Å². The Balaban J connectivity index is 1.19. The second kappa shape index (κ2) is 11.1. The summed E-state index contributed by atoms with van der Waals surface area (Å²) < 4.78 is 13.7. The van der Waals surface area contributed by atoms with Crippen molar-refractivity contribution in [1.29, 1.82) is 0 Å². The van der Waals surface area contributed by atoms with Gasteiger partial charge in [-0.15, -0.1) is 0 Å². The van der Waals surface area contributed by atoms with Gasteiger partial charge in [0.05, 0.1) is 0 Å². The highest BCUT2D eigenvalue weighted by atomic mass is 19.1. The number of unbranched alkanes of at least 4 members (excludes halogenated alkanes) is 4. The highest BCUT2D eigenvalue weighted by Gasteiger charge is 2.39. The van der Waals surface area contributed by atoms with E-state index in [-0.39, 0.29) is 5.82 Å². The van der Waals surface area contributed by atoms with Gasteiger partial charge in [-0.25, -0.2) is 4.39 Å². The molecule has 0 spiro atoms. The number of rotatable bonds is 8. The van der Waals surface area contributed by atoms with E-state index >= 15 is 0 Å². The van der Waals surface area contributed by atoms with Gasteiger partial charge in [-0.05, 0) is 105 Å². The number of benzene rings is 1. The summed E-state index contributed by atoms with van der Waals surface area (Å²) in [5.41, 5.74) is 1.25. The summed E-state index contributed by atoms with van der Waals surface area (Å²) in [6, 6.07) is 7.43. The lowest BCUT2D eigenvalue weighted by Crippen LogP contribution is -2.34. The van der Waals surface area contributed by atoms with Crippen molar-refractivity contribution in [2.24, 2.45) is 29.6 Å². The van der Waals surface area contributed by atoms with Crippen molar-refractivity contribution in [3.63, 3.8) is 0 Å². The predicted molar refractivity (Wildman–Crippen MR) is 126 cm³/mol. The molecule has 0 heterocycles. The van der Waals surface area contributed by atoms with Gasteiger partial charge in [0.15, 0.2) is 0 Å². The molecule has 0 amide bonds. The van der Waals surface area contributed by atoms with E-state index in [1.54, 1.807) is 12.1 Å². The summed E-state index contributed by atoms with van der Waals surface area (Å²) in [5, 5.41) is 0. The van der Waals surface area contributed by atoms with E-state index < -0.39 is 0 Å². The molecule has 1 heteroatoms. The second-order valence-electron chi connectivity index (χ2n) is 11.1. The van der Waals surface area contributed by atoms with Crippen LogP contribution < -0.4 is 0 Å². The van der Waals surface area contributed by atoms with E-state index in [9.17, 15) is 4.39 Å². The molecule has 0 aromatic heterocycles. The highest BCUT2D eigenvalue weighted by Crippen LogP contribution is 2.51. The minimum atomic E-state index is -0.0603. The first kappa shape index (κ1) is 22.3. The van der Waals surface area contributed by atoms with Crippen molar-refractivity contribution in [3.8, 4) is 0 Å². The third-order valence-electron chi connectivity index (χ3n) is 9.25. The Bertz CT molecular complexity index is 629. The molecule has 1 aromatic rings. The molecule has 0 bridgehead atoms. The monoisotopic (exact) mass is 412 g/mol. The van der Waals surface area contributed by atoms with Crippen molar-refractivity contribution < 1.29 is 4.39 Å². The summed E-state index contributed by atoms with van der Waals surface area (Å²) in [4.78, 5) is 0. The molecule has 0 N–H and O–H groups in total. The van der Waals surface area contributed by atoms with Gasteiger partial charge in [0.2, 0.25) is 0 Å². The summed E-state index contributed by atoms with van der Waals surface area (Å²) >= 11 is 0. The van der Waals surface area contributed by atoms with E-state index in [2.05, 4.69) is 13.0 Å². The molecule has 4 atom stereocenters. The molecule has 0 saturated heterocycles. The zero-order valence-electron chi connectivity index (χ0n) is 19.5. The molecular formula is C29H45F. The minimum Gasteiger partial charge on any atom is -0.207 e. The maximum atomic E-state index is 13.7. The molecule has 4 unspecified atom stereocenters. The number of halogens is 1. The Labute approximate surface area is 185 Å². The van der Waals surface area contributed by atoms with Crippen molar-refractivity contribution in [2.45, 2.75) is 116 Å². The van der Waals surface area contributed by atoms with E-state index in [1.807, 2.05) is 6.07 Å². The molecule has 3 fully saturated rings. The van der Waals surface area contributed by atoms with Gasteiger partial charge in [-0.3, -0.25) is 0 Å². The first-order chi connectivity index (χ1) is 14.7. The van der Waals surface area contributed by atoms with Crippen LogP contribution in [0.1, 0.15) is 121 Å². The van der Waals surface area contributed by atoms with Crippen LogP contribution >= 0.6 is 0 Å². The summed E-state index contributed by atoms with van der Waals surface area (Å²) in [7, 11) is 0. The van der Waals surface area contributed by atoms with Crippen LogP contribution in [0.25, 0.3) is 0 Å². The quantitative estimate of drug-likeness (QED) is 0.373. The van der Waals surface area contributed by atoms with Crippen LogP contribution in [0.2, 0.25) is 0 Å². The molecule has 3 aliphatic carbocycles. The summed E-state index contributed by atoms with van der Waals surface area (Å²) in [6.45, 7) is 2.31. The SMILES string of the molecule is CCCCCCCC1CCC(C2CCC3CC(c4cccc(F)c4)CCC3C2)CC1. The Hall–Kier alpha value is -0.850. The average molecular weight is 413 g/mol. The Morgan fingerprint density at radius 2 is 1.40 bits per heavy atom. The van der Waals surface area contributed by atoms with Gasteiger partial charge >= 0.3 is 0 Å². The smallest absolute Gasteiger partial charge is 0.123 e. The lowest BCUT2D eigenvalue weighted by molar-refractivity contribution is 0.0710. The van der Waals surface area contributed by atoms with E-state index in [4.69, 9.17) is 0 Å². The molecule has 0 aliphatic heterocycles. The Morgan fingerprint density at radius 3 is 2.17 bits per heavy atom. The maximum Gasteiger partial charge on any atom is 0.123 e. The van der Waals surface area contributed by atoms with E-state index in [0.29, 0.717) is 5.92 Å². The molecule has 3 aliphatic rings. The van der Waals surface area contributed by atoms with E-state index in [1.165, 1.54) is 108 Å². The second-order valence-corrected chi connectivity index (χ2v) is 11.1. The highest BCUT2D eigenvalue weighted by molar-refractivity contribution is 5.21. The van der Waals surface area contributed by atoms with Crippen molar-refractivity contribution in [2.75, 3.05) is 0 Å². The van der Waals surface area contributed by atoms with E-state index in [0.717, 1.165) is 29.6 Å².